The molecule has 0 atom stereocenters. The summed E-state index contributed by atoms with van der Waals surface area (Å²) in [6.07, 6.45) is 1.76. The lowest BCUT2D eigenvalue weighted by molar-refractivity contribution is 0.0500. The first-order valence-electron chi connectivity index (χ1n) is 6.78. The SMILES string of the molecule is CNc1ccc(C(=O)OCCCc2ccccc2)cc1. The third-order valence-electron chi connectivity index (χ3n) is 3.10. The summed E-state index contributed by atoms with van der Waals surface area (Å²) in [5, 5.41) is 3.01. The molecule has 0 aromatic heterocycles. The molecule has 0 radical (unpaired) electrons. The van der Waals surface area contributed by atoms with E-state index in [1.165, 1.54) is 5.56 Å². The molecule has 0 saturated heterocycles. The Labute approximate surface area is 119 Å². The van der Waals surface area contributed by atoms with Crippen molar-refractivity contribution in [1.29, 1.82) is 0 Å². The van der Waals surface area contributed by atoms with E-state index in [4.69, 9.17) is 4.74 Å². The monoisotopic (exact) mass is 269 g/mol. The van der Waals surface area contributed by atoms with Gasteiger partial charge in [0.2, 0.25) is 0 Å². The molecular formula is C17H19NO2. The van der Waals surface area contributed by atoms with E-state index in [-0.39, 0.29) is 5.97 Å². The van der Waals surface area contributed by atoms with Gasteiger partial charge in [-0.3, -0.25) is 0 Å². The van der Waals surface area contributed by atoms with E-state index < -0.39 is 0 Å². The van der Waals surface area contributed by atoms with Gasteiger partial charge in [0.1, 0.15) is 0 Å². The van der Waals surface area contributed by atoms with E-state index in [0.29, 0.717) is 12.2 Å². The topological polar surface area (TPSA) is 38.3 Å². The third-order valence-corrected chi connectivity index (χ3v) is 3.10. The number of hydrogen-bond acceptors (Lipinski definition) is 3. The zero-order valence-corrected chi connectivity index (χ0v) is 11.6. The van der Waals surface area contributed by atoms with Gasteiger partial charge in [-0.15, -0.1) is 0 Å². The molecule has 0 unspecified atom stereocenters. The van der Waals surface area contributed by atoms with Crippen molar-refractivity contribution in [2.75, 3.05) is 19.0 Å². The summed E-state index contributed by atoms with van der Waals surface area (Å²) in [5.41, 5.74) is 2.83. The van der Waals surface area contributed by atoms with Crippen molar-refractivity contribution in [2.24, 2.45) is 0 Å². The lowest BCUT2D eigenvalue weighted by Gasteiger charge is -2.06. The van der Waals surface area contributed by atoms with E-state index in [2.05, 4.69) is 17.4 Å². The molecule has 0 amide bonds. The van der Waals surface area contributed by atoms with Crippen LogP contribution in [0.1, 0.15) is 22.3 Å². The molecule has 0 aliphatic rings. The molecule has 3 nitrogen and oxygen atoms in total. The summed E-state index contributed by atoms with van der Waals surface area (Å²) in [7, 11) is 1.84. The van der Waals surface area contributed by atoms with E-state index in [1.54, 1.807) is 12.1 Å². The number of esters is 1. The second kappa shape index (κ2) is 7.34. The number of benzene rings is 2. The molecule has 0 bridgehead atoms. The van der Waals surface area contributed by atoms with Crippen molar-refractivity contribution in [2.45, 2.75) is 12.8 Å². The molecule has 0 saturated carbocycles. The molecule has 2 aromatic rings. The number of anilines is 1. The first kappa shape index (κ1) is 14.1. The van der Waals surface area contributed by atoms with Crippen LogP contribution in [0.4, 0.5) is 5.69 Å². The lowest BCUT2D eigenvalue weighted by atomic mass is 10.1. The van der Waals surface area contributed by atoms with Crippen molar-refractivity contribution in [3.63, 3.8) is 0 Å². The fourth-order valence-electron chi connectivity index (χ4n) is 1.94. The van der Waals surface area contributed by atoms with Gasteiger partial charge in [0, 0.05) is 12.7 Å². The first-order valence-corrected chi connectivity index (χ1v) is 6.78. The van der Waals surface area contributed by atoms with Gasteiger partial charge in [-0.05, 0) is 42.7 Å². The maximum atomic E-state index is 11.8. The summed E-state index contributed by atoms with van der Waals surface area (Å²) in [6, 6.07) is 17.5. The maximum absolute atomic E-state index is 11.8. The minimum Gasteiger partial charge on any atom is -0.462 e. The highest BCUT2D eigenvalue weighted by Crippen LogP contribution is 2.10. The standard InChI is InChI=1S/C17H19NO2/c1-18-16-11-9-15(10-12-16)17(19)20-13-5-8-14-6-3-2-4-7-14/h2-4,6-7,9-12,18H,5,8,13H2,1H3. The maximum Gasteiger partial charge on any atom is 0.338 e. The van der Waals surface area contributed by atoms with Crippen LogP contribution in [-0.2, 0) is 11.2 Å². The predicted octanol–water partition coefficient (Wildman–Crippen LogP) is 3.52. The predicted molar refractivity (Wildman–Crippen MR) is 81.0 cm³/mol. The van der Waals surface area contributed by atoms with Crippen LogP contribution in [0.2, 0.25) is 0 Å². The van der Waals surface area contributed by atoms with E-state index >= 15 is 0 Å². The van der Waals surface area contributed by atoms with Crippen molar-refractivity contribution >= 4 is 11.7 Å². The van der Waals surface area contributed by atoms with Gasteiger partial charge in [-0.2, -0.15) is 0 Å². The molecule has 0 heterocycles. The first-order chi connectivity index (χ1) is 9.79. The number of nitrogens with one attached hydrogen (secondary N) is 1. The highest BCUT2D eigenvalue weighted by Gasteiger charge is 2.06. The Balaban J connectivity index is 1.74. The smallest absolute Gasteiger partial charge is 0.338 e. The molecule has 3 heteroatoms. The summed E-state index contributed by atoms with van der Waals surface area (Å²) < 4.78 is 5.26. The zero-order valence-electron chi connectivity index (χ0n) is 11.6. The van der Waals surface area contributed by atoms with Gasteiger partial charge in [0.05, 0.1) is 12.2 Å². The fourth-order valence-corrected chi connectivity index (χ4v) is 1.94. The molecule has 0 fully saturated rings. The van der Waals surface area contributed by atoms with E-state index in [1.807, 2.05) is 37.4 Å². The van der Waals surface area contributed by atoms with Gasteiger partial charge in [0.25, 0.3) is 0 Å². The van der Waals surface area contributed by atoms with Crippen LogP contribution in [0.25, 0.3) is 0 Å². The molecule has 20 heavy (non-hydrogen) atoms. The van der Waals surface area contributed by atoms with Crippen LogP contribution in [-0.4, -0.2) is 19.6 Å². The number of carbonyl (C=O) groups excluding carboxylic acids is 1. The quantitative estimate of drug-likeness (QED) is 0.644. The normalized spacial score (nSPS) is 10.1. The minimum absolute atomic E-state index is 0.263. The Bertz CT molecular complexity index is 535. The molecule has 1 N–H and O–H groups in total. The summed E-state index contributed by atoms with van der Waals surface area (Å²) >= 11 is 0. The average Bonchev–Trinajstić information content (AvgIpc) is 2.52. The summed E-state index contributed by atoms with van der Waals surface area (Å²) in [5.74, 6) is -0.263. The van der Waals surface area contributed by atoms with Crippen LogP contribution in [0.3, 0.4) is 0 Å². The second-order valence-corrected chi connectivity index (χ2v) is 4.55. The Kier molecular flexibility index (Phi) is 5.18. The van der Waals surface area contributed by atoms with Crippen molar-refractivity contribution in [3.8, 4) is 0 Å². The van der Waals surface area contributed by atoms with Crippen molar-refractivity contribution < 1.29 is 9.53 Å². The van der Waals surface area contributed by atoms with Gasteiger partial charge in [-0.25, -0.2) is 4.79 Å². The van der Waals surface area contributed by atoms with Gasteiger partial charge >= 0.3 is 5.97 Å². The number of rotatable bonds is 6. The Morgan fingerprint density at radius 2 is 1.75 bits per heavy atom. The molecule has 2 rings (SSSR count). The van der Waals surface area contributed by atoms with Crippen LogP contribution in [0.15, 0.2) is 54.6 Å². The molecular weight excluding hydrogens is 250 g/mol. The van der Waals surface area contributed by atoms with Crippen molar-refractivity contribution in [3.05, 3.63) is 65.7 Å². The fraction of sp³-hybridized carbons (Fsp3) is 0.235. The van der Waals surface area contributed by atoms with E-state index in [0.717, 1.165) is 18.5 Å². The third kappa shape index (κ3) is 4.12. The second-order valence-electron chi connectivity index (χ2n) is 4.55. The Hall–Kier alpha value is -2.29. The lowest BCUT2D eigenvalue weighted by Crippen LogP contribution is -2.07. The molecule has 0 aliphatic carbocycles. The van der Waals surface area contributed by atoms with Gasteiger partial charge in [0.15, 0.2) is 0 Å². The van der Waals surface area contributed by atoms with Crippen LogP contribution < -0.4 is 5.32 Å². The zero-order chi connectivity index (χ0) is 14.2. The Morgan fingerprint density at radius 1 is 1.05 bits per heavy atom. The van der Waals surface area contributed by atoms with Crippen LogP contribution >= 0.6 is 0 Å². The number of ether oxygens (including phenoxy) is 1. The molecule has 104 valence electrons. The Morgan fingerprint density at radius 3 is 2.40 bits per heavy atom. The largest absolute Gasteiger partial charge is 0.462 e. The summed E-state index contributed by atoms with van der Waals surface area (Å²) in [4.78, 5) is 11.8. The van der Waals surface area contributed by atoms with Crippen molar-refractivity contribution in [1.82, 2.24) is 0 Å². The molecule has 2 aromatic carbocycles. The number of hydrogen-bond donors (Lipinski definition) is 1. The number of carbonyl (C=O) groups is 1. The molecule has 0 aliphatic heterocycles. The highest BCUT2D eigenvalue weighted by molar-refractivity contribution is 5.89. The number of aryl methyl sites for hydroxylation is 1. The average molecular weight is 269 g/mol. The molecule has 0 spiro atoms. The van der Waals surface area contributed by atoms with Gasteiger partial charge < -0.3 is 10.1 Å². The summed E-state index contributed by atoms with van der Waals surface area (Å²) in [6.45, 7) is 0.446. The van der Waals surface area contributed by atoms with Gasteiger partial charge in [-0.1, -0.05) is 30.3 Å². The van der Waals surface area contributed by atoms with Crippen LogP contribution in [0, 0.1) is 0 Å². The van der Waals surface area contributed by atoms with Crippen LogP contribution in [0.5, 0.6) is 0 Å². The highest BCUT2D eigenvalue weighted by atomic mass is 16.5. The minimum atomic E-state index is -0.263. The van der Waals surface area contributed by atoms with E-state index in [9.17, 15) is 4.79 Å².